The first kappa shape index (κ1) is 22.2. The number of hydrogen-bond acceptors (Lipinski definition) is 3. The normalized spacial score (nSPS) is 14.6. The van der Waals surface area contributed by atoms with Crippen LogP contribution in [-0.2, 0) is 0 Å². The van der Waals surface area contributed by atoms with E-state index in [0.717, 1.165) is 31.9 Å². The highest BCUT2D eigenvalue weighted by Gasteiger charge is 2.13. The van der Waals surface area contributed by atoms with Crippen LogP contribution in [0.2, 0.25) is 0 Å². The highest BCUT2D eigenvalue weighted by molar-refractivity contribution is 5.85. The molecule has 0 amide bonds. The van der Waals surface area contributed by atoms with Crippen LogP contribution in [0.15, 0.2) is 17.1 Å². The fourth-order valence-corrected chi connectivity index (χ4v) is 3.49. The van der Waals surface area contributed by atoms with E-state index in [1.165, 1.54) is 83.5 Å². The molecule has 0 saturated carbocycles. The lowest BCUT2D eigenvalue weighted by molar-refractivity contribution is 0.255. The number of rotatable bonds is 17. The molecule has 0 spiro atoms. The molecule has 0 unspecified atom stereocenters. The molecule has 0 atom stereocenters. The summed E-state index contributed by atoms with van der Waals surface area (Å²) >= 11 is 0. The van der Waals surface area contributed by atoms with Crippen molar-refractivity contribution in [3.63, 3.8) is 0 Å². The number of β-amino-alcohol motifs (C(OH)–C–C–N with tert-alkyl or cyclic N) is 1. The number of aliphatic imine (C=N–C) groups is 1. The van der Waals surface area contributed by atoms with E-state index in [0.29, 0.717) is 0 Å². The molecule has 1 aliphatic heterocycles. The first-order valence-corrected chi connectivity index (χ1v) is 10.9. The Bertz CT molecular complexity index is 352. The third-order valence-electron chi connectivity index (χ3n) is 5.09. The largest absolute Gasteiger partial charge is 0.395 e. The molecular weight excluding hydrogens is 308 g/mol. The lowest BCUT2D eigenvalue weighted by Crippen LogP contribution is -2.30. The monoisotopic (exact) mass is 350 g/mol. The van der Waals surface area contributed by atoms with E-state index >= 15 is 0 Å². The predicted octanol–water partition coefficient (Wildman–Crippen LogP) is 5.73. The highest BCUT2D eigenvalue weighted by Crippen LogP contribution is 2.13. The van der Waals surface area contributed by atoms with Crippen molar-refractivity contribution in [2.75, 3.05) is 26.2 Å². The van der Waals surface area contributed by atoms with E-state index in [9.17, 15) is 0 Å². The molecule has 1 heterocycles. The van der Waals surface area contributed by atoms with Gasteiger partial charge in [-0.05, 0) is 12.8 Å². The number of aliphatic hydroxyl groups is 1. The molecule has 1 aliphatic rings. The molecule has 0 aromatic carbocycles. The molecular formula is C22H42N2O. The van der Waals surface area contributed by atoms with Gasteiger partial charge in [-0.25, -0.2) is 0 Å². The highest BCUT2D eigenvalue weighted by atomic mass is 16.3. The summed E-state index contributed by atoms with van der Waals surface area (Å²) in [6.45, 7) is 5.10. The second-order valence-corrected chi connectivity index (χ2v) is 7.36. The molecule has 0 aliphatic carbocycles. The average molecular weight is 351 g/mol. The van der Waals surface area contributed by atoms with Crippen LogP contribution in [0.4, 0.5) is 0 Å². The van der Waals surface area contributed by atoms with Gasteiger partial charge in [0.05, 0.1) is 13.2 Å². The van der Waals surface area contributed by atoms with E-state index < -0.39 is 0 Å². The second kappa shape index (κ2) is 16.6. The maximum absolute atomic E-state index is 9.03. The van der Waals surface area contributed by atoms with Crippen LogP contribution >= 0.6 is 0 Å². The molecule has 0 bridgehead atoms. The van der Waals surface area contributed by atoms with Gasteiger partial charge in [-0.1, -0.05) is 89.7 Å². The molecule has 1 N–H and O–H groups in total. The Kier molecular flexibility index (Phi) is 14.8. The summed E-state index contributed by atoms with van der Waals surface area (Å²) in [7, 11) is 0. The molecule has 3 nitrogen and oxygen atoms in total. The molecule has 0 saturated heterocycles. The van der Waals surface area contributed by atoms with Crippen molar-refractivity contribution in [3.05, 3.63) is 12.2 Å². The summed E-state index contributed by atoms with van der Waals surface area (Å²) in [5.74, 6) is 1.15. The van der Waals surface area contributed by atoms with E-state index in [1.54, 1.807) is 0 Å². The van der Waals surface area contributed by atoms with Crippen molar-refractivity contribution >= 4 is 5.84 Å². The topological polar surface area (TPSA) is 35.8 Å². The van der Waals surface area contributed by atoms with Gasteiger partial charge in [-0.3, -0.25) is 4.99 Å². The summed E-state index contributed by atoms with van der Waals surface area (Å²) < 4.78 is 0. The minimum absolute atomic E-state index is 0.224. The maximum Gasteiger partial charge on any atom is 0.103 e. The summed E-state index contributed by atoms with van der Waals surface area (Å²) in [4.78, 5) is 6.72. The Hall–Kier alpha value is -0.830. The Labute approximate surface area is 156 Å². The molecule has 0 fully saturated rings. The van der Waals surface area contributed by atoms with Gasteiger partial charge in [0.1, 0.15) is 5.84 Å². The number of nitrogens with zero attached hydrogens (tertiary/aromatic N) is 2. The van der Waals surface area contributed by atoms with Crippen LogP contribution in [0, 0.1) is 0 Å². The Morgan fingerprint density at radius 3 is 2.08 bits per heavy atom. The predicted molar refractivity (Wildman–Crippen MR) is 110 cm³/mol. The summed E-state index contributed by atoms with van der Waals surface area (Å²) in [5, 5.41) is 9.03. The Morgan fingerprint density at radius 1 is 0.880 bits per heavy atom. The third kappa shape index (κ3) is 12.2. The maximum atomic E-state index is 9.03. The molecule has 0 radical (unpaired) electrons. The van der Waals surface area contributed by atoms with E-state index in [2.05, 4.69) is 29.0 Å². The summed E-state index contributed by atoms with van der Waals surface area (Å²) in [5.41, 5.74) is 0. The van der Waals surface area contributed by atoms with Gasteiger partial charge in [0.25, 0.3) is 0 Å². The Morgan fingerprint density at radius 2 is 1.48 bits per heavy atom. The zero-order valence-electron chi connectivity index (χ0n) is 16.7. The number of amidine groups is 1. The quantitative estimate of drug-likeness (QED) is 0.268. The van der Waals surface area contributed by atoms with Crippen molar-refractivity contribution in [2.24, 2.45) is 4.99 Å². The van der Waals surface area contributed by atoms with E-state index in [4.69, 9.17) is 5.11 Å². The number of aliphatic hydroxyl groups excluding tert-OH is 1. The van der Waals surface area contributed by atoms with Crippen LogP contribution < -0.4 is 0 Å². The van der Waals surface area contributed by atoms with Gasteiger partial charge in [0.15, 0.2) is 0 Å². The molecule has 1 rings (SSSR count). The second-order valence-electron chi connectivity index (χ2n) is 7.36. The molecule has 0 aromatic rings. The molecule has 3 heteroatoms. The van der Waals surface area contributed by atoms with Crippen molar-refractivity contribution in [1.82, 2.24) is 4.90 Å². The zero-order valence-corrected chi connectivity index (χ0v) is 16.7. The van der Waals surface area contributed by atoms with Gasteiger partial charge >= 0.3 is 0 Å². The third-order valence-corrected chi connectivity index (χ3v) is 5.09. The number of allylic oxidation sites excluding steroid dienone is 1. The van der Waals surface area contributed by atoms with Crippen LogP contribution in [0.1, 0.15) is 96.8 Å². The van der Waals surface area contributed by atoms with Crippen molar-refractivity contribution in [2.45, 2.75) is 96.8 Å². The fraction of sp³-hybridized carbons (Fsp3) is 0.864. The van der Waals surface area contributed by atoms with Gasteiger partial charge in [-0.15, -0.1) is 0 Å². The van der Waals surface area contributed by atoms with Crippen LogP contribution in [-0.4, -0.2) is 42.1 Å². The zero-order chi connectivity index (χ0) is 18.0. The summed E-state index contributed by atoms with van der Waals surface area (Å²) in [6.07, 6.45) is 23.7. The van der Waals surface area contributed by atoms with Crippen molar-refractivity contribution < 1.29 is 5.11 Å². The lowest BCUT2D eigenvalue weighted by Gasteiger charge is -2.17. The molecule has 25 heavy (non-hydrogen) atoms. The van der Waals surface area contributed by atoms with Crippen LogP contribution in [0.5, 0.6) is 0 Å². The minimum atomic E-state index is 0.224. The number of hydrogen-bond donors (Lipinski definition) is 1. The average Bonchev–Trinajstić information content (AvgIpc) is 3.06. The van der Waals surface area contributed by atoms with Crippen molar-refractivity contribution in [1.29, 1.82) is 0 Å². The Balaban J connectivity index is 1.82. The van der Waals surface area contributed by atoms with Gasteiger partial charge in [0, 0.05) is 19.5 Å². The van der Waals surface area contributed by atoms with Crippen molar-refractivity contribution in [3.8, 4) is 0 Å². The lowest BCUT2D eigenvalue weighted by atomic mass is 10.0. The van der Waals surface area contributed by atoms with Gasteiger partial charge in [-0.2, -0.15) is 0 Å². The smallest absolute Gasteiger partial charge is 0.103 e. The fourth-order valence-electron chi connectivity index (χ4n) is 3.49. The van der Waals surface area contributed by atoms with E-state index in [1.807, 2.05) is 0 Å². The first-order valence-electron chi connectivity index (χ1n) is 10.9. The summed E-state index contributed by atoms with van der Waals surface area (Å²) in [6, 6.07) is 0. The van der Waals surface area contributed by atoms with Gasteiger partial charge in [0.2, 0.25) is 0 Å². The molecule has 146 valence electrons. The number of unbranched alkanes of at least 4 members (excludes halogenated alkanes) is 12. The van der Waals surface area contributed by atoms with Crippen LogP contribution in [0.3, 0.4) is 0 Å². The van der Waals surface area contributed by atoms with Gasteiger partial charge < -0.3 is 10.0 Å². The standard InChI is InChI=1S/C22H42N2O/c1-2-3-4-5-6-7-8-9-10-11-12-13-14-15-16-17-22-23-18-19-24(22)20-21-25/h15-16,25H,2-14,17-21H2,1H3/b16-15+. The minimum Gasteiger partial charge on any atom is -0.395 e. The first-order chi connectivity index (χ1) is 12.4. The van der Waals surface area contributed by atoms with E-state index in [-0.39, 0.29) is 6.61 Å². The van der Waals surface area contributed by atoms with Crippen LogP contribution in [0.25, 0.3) is 0 Å². The SMILES string of the molecule is CCCCCCCCCCCCCC/C=C/CC1=NCCN1CCO. The molecule has 0 aromatic heterocycles.